The first-order valence-corrected chi connectivity index (χ1v) is 7.98. The second-order valence-electron chi connectivity index (χ2n) is 5.83. The molecule has 2 fully saturated rings. The maximum atomic E-state index is 11.5. The fourth-order valence-electron chi connectivity index (χ4n) is 3.03. The molecule has 2 N–H and O–H groups in total. The van der Waals surface area contributed by atoms with Crippen molar-refractivity contribution in [2.75, 3.05) is 6.61 Å². The van der Waals surface area contributed by atoms with E-state index in [2.05, 4.69) is 0 Å². The van der Waals surface area contributed by atoms with E-state index >= 15 is 0 Å². The van der Waals surface area contributed by atoms with Gasteiger partial charge >= 0.3 is 0 Å². The van der Waals surface area contributed by atoms with Crippen LogP contribution in [0.5, 0.6) is 0 Å². The number of carbonyl (C=O) groups excluding carboxylic acids is 1. The topological polar surface area (TPSA) is 85.5 Å². The fraction of sp³-hybridized carbons (Fsp3) is 0.316. The first kappa shape index (κ1) is 17.7. The van der Waals surface area contributed by atoms with Crippen molar-refractivity contribution in [2.24, 2.45) is 0 Å². The molecule has 5 atom stereocenters. The molecule has 0 bridgehead atoms. The van der Waals surface area contributed by atoms with Crippen LogP contribution < -0.4 is 0 Å². The van der Waals surface area contributed by atoms with E-state index in [-0.39, 0.29) is 11.6 Å². The Morgan fingerprint density at radius 2 is 1.40 bits per heavy atom. The van der Waals surface area contributed by atoms with E-state index in [1.165, 1.54) is 0 Å². The van der Waals surface area contributed by atoms with E-state index < -0.39 is 24.8 Å². The largest absolute Gasteiger partial charge is 0.412 e. The summed E-state index contributed by atoms with van der Waals surface area (Å²) in [4.78, 5) is 11.5. The normalized spacial score (nSPS) is 31.4. The van der Waals surface area contributed by atoms with Gasteiger partial charge in [-0.15, -0.1) is 0 Å². The third-order valence-corrected chi connectivity index (χ3v) is 4.24. The summed E-state index contributed by atoms with van der Waals surface area (Å²) < 4.78 is 23.5. The molecule has 2 aromatic rings. The number of benzene rings is 2. The predicted octanol–water partition coefficient (Wildman–Crippen LogP) is 1.96. The van der Waals surface area contributed by atoms with Crippen LogP contribution in [0.2, 0.25) is 0 Å². The van der Waals surface area contributed by atoms with Crippen LogP contribution >= 0.6 is 0 Å². The fourth-order valence-corrected chi connectivity index (χ4v) is 3.03. The number of hydrogen-bond acceptors (Lipinski definition) is 5. The first-order valence-electron chi connectivity index (χ1n) is 7.98. The second kappa shape index (κ2) is 7.86. The molecule has 4 rings (SSSR count). The minimum absolute atomic E-state index is 0. The molecule has 6 nitrogen and oxygen atoms in total. The molecule has 0 radical (unpaired) electrons. The lowest BCUT2D eigenvalue weighted by Crippen LogP contribution is -2.54. The van der Waals surface area contributed by atoms with E-state index in [9.17, 15) is 4.79 Å². The summed E-state index contributed by atoms with van der Waals surface area (Å²) in [6.45, 7) is 0.348. The monoisotopic (exact) mass is 344 g/mol. The molecule has 132 valence electrons. The molecule has 0 saturated carbocycles. The number of hydrogen-bond donors (Lipinski definition) is 0. The Labute approximate surface area is 145 Å². The highest BCUT2D eigenvalue weighted by Crippen LogP contribution is 2.37. The third-order valence-electron chi connectivity index (χ3n) is 4.24. The average molecular weight is 344 g/mol. The van der Waals surface area contributed by atoms with Gasteiger partial charge < -0.3 is 29.2 Å². The van der Waals surface area contributed by atoms with Gasteiger partial charge in [-0.1, -0.05) is 60.7 Å². The summed E-state index contributed by atoms with van der Waals surface area (Å²) in [5, 5.41) is 0. The maximum Gasteiger partial charge on any atom is 0.185 e. The Morgan fingerprint density at radius 1 is 0.800 bits per heavy atom. The minimum Gasteiger partial charge on any atom is -0.412 e. The molecule has 2 aliphatic heterocycles. The number of carbonyl (C=O) groups is 1. The van der Waals surface area contributed by atoms with Gasteiger partial charge in [-0.2, -0.15) is 0 Å². The van der Waals surface area contributed by atoms with Gasteiger partial charge in [0.2, 0.25) is 0 Å². The Balaban J connectivity index is 0.00000182. The highest BCUT2D eigenvalue weighted by atomic mass is 16.8. The molecular formula is C19H20O6. The van der Waals surface area contributed by atoms with Crippen LogP contribution in [-0.4, -0.2) is 36.7 Å². The highest BCUT2D eigenvalue weighted by molar-refractivity contribution is 5.57. The molecular weight excluding hydrogens is 324 g/mol. The van der Waals surface area contributed by atoms with Crippen molar-refractivity contribution in [3.05, 3.63) is 71.8 Å². The molecule has 2 unspecified atom stereocenters. The standard InChI is InChI=1S/C19H18O5.H2O/c20-11-15-17-16(23-19(22-15)14-9-5-2-6-10-14)12-21-18(24-17)13-7-3-1-4-8-13;/h1-11,15-19H,12H2;1H2/t15-,16+,17-,18?,19?;/m0./s1. The summed E-state index contributed by atoms with van der Waals surface area (Å²) in [5.74, 6) is 0. The average Bonchev–Trinajstić information content (AvgIpc) is 2.68. The van der Waals surface area contributed by atoms with Crippen LogP contribution in [0.15, 0.2) is 60.7 Å². The van der Waals surface area contributed by atoms with E-state index in [1.807, 2.05) is 60.7 Å². The molecule has 0 aromatic heterocycles. The zero-order valence-electron chi connectivity index (χ0n) is 13.5. The Kier molecular flexibility index (Phi) is 5.57. The lowest BCUT2D eigenvalue weighted by molar-refractivity contribution is -0.355. The van der Waals surface area contributed by atoms with Crippen molar-refractivity contribution in [1.29, 1.82) is 0 Å². The van der Waals surface area contributed by atoms with Crippen molar-refractivity contribution in [3.63, 3.8) is 0 Å². The van der Waals surface area contributed by atoms with Crippen LogP contribution in [0.1, 0.15) is 23.7 Å². The molecule has 0 amide bonds. The number of ether oxygens (including phenoxy) is 4. The summed E-state index contributed by atoms with van der Waals surface area (Å²) >= 11 is 0. The summed E-state index contributed by atoms with van der Waals surface area (Å²) in [6.07, 6.45) is -1.85. The minimum atomic E-state index is -0.691. The van der Waals surface area contributed by atoms with Crippen LogP contribution in [0.4, 0.5) is 0 Å². The number of aldehydes is 1. The van der Waals surface area contributed by atoms with Crippen molar-refractivity contribution in [3.8, 4) is 0 Å². The van der Waals surface area contributed by atoms with Crippen LogP contribution in [0.25, 0.3) is 0 Å². The van der Waals surface area contributed by atoms with Crippen LogP contribution in [-0.2, 0) is 23.7 Å². The van der Waals surface area contributed by atoms with Crippen molar-refractivity contribution in [2.45, 2.75) is 30.9 Å². The van der Waals surface area contributed by atoms with E-state index in [0.29, 0.717) is 6.61 Å². The van der Waals surface area contributed by atoms with Gasteiger partial charge in [0.15, 0.2) is 18.9 Å². The van der Waals surface area contributed by atoms with Crippen molar-refractivity contribution < 1.29 is 29.2 Å². The Hall–Kier alpha value is -2.09. The Morgan fingerprint density at radius 3 is 2.00 bits per heavy atom. The van der Waals surface area contributed by atoms with Gasteiger partial charge in [0.1, 0.15) is 18.3 Å². The number of rotatable bonds is 3. The van der Waals surface area contributed by atoms with E-state index in [4.69, 9.17) is 18.9 Å². The molecule has 2 aliphatic rings. The Bertz CT molecular complexity index is 677. The zero-order chi connectivity index (χ0) is 16.4. The highest BCUT2D eigenvalue weighted by Gasteiger charge is 2.45. The van der Waals surface area contributed by atoms with Crippen molar-refractivity contribution >= 4 is 6.29 Å². The lowest BCUT2D eigenvalue weighted by Gasteiger charge is -2.44. The van der Waals surface area contributed by atoms with Gasteiger partial charge in [-0.3, -0.25) is 0 Å². The third kappa shape index (κ3) is 3.63. The smallest absolute Gasteiger partial charge is 0.185 e. The molecule has 0 spiro atoms. The molecule has 25 heavy (non-hydrogen) atoms. The molecule has 2 heterocycles. The van der Waals surface area contributed by atoms with Gasteiger partial charge in [-0.05, 0) is 0 Å². The summed E-state index contributed by atoms with van der Waals surface area (Å²) in [7, 11) is 0. The summed E-state index contributed by atoms with van der Waals surface area (Å²) in [6, 6.07) is 19.2. The SMILES string of the molecule is O.O=C[C@@H]1OC(c2ccccc2)O[C@@H]2COC(c3ccccc3)O[C@@H]12. The molecule has 6 heteroatoms. The summed E-state index contributed by atoms with van der Waals surface area (Å²) in [5.41, 5.74) is 1.78. The van der Waals surface area contributed by atoms with Crippen molar-refractivity contribution in [1.82, 2.24) is 0 Å². The first-order chi connectivity index (χ1) is 11.8. The number of fused-ring (bicyclic) bond motifs is 1. The van der Waals surface area contributed by atoms with Gasteiger partial charge in [-0.25, -0.2) is 0 Å². The zero-order valence-corrected chi connectivity index (χ0v) is 13.5. The van der Waals surface area contributed by atoms with E-state index in [0.717, 1.165) is 17.4 Å². The molecule has 0 aliphatic carbocycles. The van der Waals surface area contributed by atoms with Crippen LogP contribution in [0, 0.1) is 0 Å². The maximum absolute atomic E-state index is 11.5. The van der Waals surface area contributed by atoms with Gasteiger partial charge in [0, 0.05) is 11.1 Å². The second-order valence-corrected chi connectivity index (χ2v) is 5.83. The van der Waals surface area contributed by atoms with Gasteiger partial charge in [0.05, 0.1) is 6.61 Å². The quantitative estimate of drug-likeness (QED) is 0.795. The predicted molar refractivity (Wildman–Crippen MR) is 88.6 cm³/mol. The van der Waals surface area contributed by atoms with Crippen LogP contribution in [0.3, 0.4) is 0 Å². The van der Waals surface area contributed by atoms with Gasteiger partial charge in [0.25, 0.3) is 0 Å². The van der Waals surface area contributed by atoms with E-state index in [1.54, 1.807) is 0 Å². The molecule has 2 saturated heterocycles. The lowest BCUT2D eigenvalue weighted by atomic mass is 10.0. The molecule has 2 aromatic carbocycles.